The first-order chi connectivity index (χ1) is 6.20. The Balaban J connectivity index is 2.74. The molecule has 0 amide bonds. The maximum Gasteiger partial charge on any atom is 0.144 e. The number of hydrogen-bond donors (Lipinski definition) is 3. The van der Waals surface area contributed by atoms with Crippen LogP contribution in [0.15, 0.2) is 28.7 Å². The van der Waals surface area contributed by atoms with Gasteiger partial charge >= 0.3 is 0 Å². The average Bonchev–Trinajstić information content (AvgIpc) is 2.45. The van der Waals surface area contributed by atoms with Crippen molar-refractivity contribution in [2.45, 2.75) is 6.23 Å². The first-order valence-corrected chi connectivity index (χ1v) is 4.69. The molecule has 0 fully saturated rings. The molecule has 0 bridgehead atoms. The van der Waals surface area contributed by atoms with Crippen molar-refractivity contribution < 1.29 is 5.11 Å². The predicted molar refractivity (Wildman–Crippen MR) is 55.1 cm³/mol. The minimum absolute atomic E-state index is 0.612. The molecule has 4 heteroatoms. The number of aromatic nitrogens is 1. The van der Waals surface area contributed by atoms with Gasteiger partial charge < -0.3 is 15.8 Å². The summed E-state index contributed by atoms with van der Waals surface area (Å²) < 4.78 is 0.832. The third-order valence-electron chi connectivity index (χ3n) is 1.97. The molecule has 1 heterocycles. The van der Waals surface area contributed by atoms with Crippen LogP contribution in [0, 0.1) is 0 Å². The van der Waals surface area contributed by atoms with Crippen LogP contribution in [0.1, 0.15) is 11.9 Å². The fraction of sp³-hybridized carbons (Fsp3) is 0.111. The van der Waals surface area contributed by atoms with Crippen LogP contribution in [0.2, 0.25) is 0 Å². The highest BCUT2D eigenvalue weighted by Crippen LogP contribution is 2.29. The highest BCUT2D eigenvalue weighted by atomic mass is 79.9. The molecular formula is C9H9BrN2O. The molecule has 2 aromatic rings. The number of rotatable bonds is 1. The van der Waals surface area contributed by atoms with Gasteiger partial charge in [-0.3, -0.25) is 0 Å². The fourth-order valence-corrected chi connectivity index (χ4v) is 2.01. The summed E-state index contributed by atoms with van der Waals surface area (Å²) in [5, 5.41) is 10.3. The Kier molecular flexibility index (Phi) is 2.11. The fourth-order valence-electron chi connectivity index (χ4n) is 1.33. The van der Waals surface area contributed by atoms with Crippen molar-refractivity contribution in [1.29, 1.82) is 0 Å². The van der Waals surface area contributed by atoms with E-state index in [-0.39, 0.29) is 0 Å². The van der Waals surface area contributed by atoms with Crippen molar-refractivity contribution >= 4 is 26.8 Å². The van der Waals surface area contributed by atoms with E-state index >= 15 is 0 Å². The second-order valence-electron chi connectivity index (χ2n) is 2.84. The van der Waals surface area contributed by atoms with Gasteiger partial charge in [0.05, 0.1) is 10.2 Å². The first-order valence-electron chi connectivity index (χ1n) is 3.90. The van der Waals surface area contributed by atoms with Crippen LogP contribution >= 0.6 is 15.9 Å². The maximum atomic E-state index is 9.22. The lowest BCUT2D eigenvalue weighted by Crippen LogP contribution is -2.09. The maximum absolute atomic E-state index is 9.22. The molecule has 1 atom stereocenters. The van der Waals surface area contributed by atoms with Crippen LogP contribution in [0.25, 0.3) is 10.9 Å². The van der Waals surface area contributed by atoms with Crippen LogP contribution in [0.3, 0.4) is 0 Å². The highest BCUT2D eigenvalue weighted by Gasteiger charge is 2.12. The molecular weight excluding hydrogens is 232 g/mol. The Bertz CT molecular complexity index is 436. The number of aliphatic hydroxyl groups is 1. The molecule has 1 unspecified atom stereocenters. The van der Waals surface area contributed by atoms with Gasteiger partial charge in [0.25, 0.3) is 0 Å². The number of aromatic amines is 1. The largest absolute Gasteiger partial charge is 0.373 e. The van der Waals surface area contributed by atoms with Gasteiger partial charge in [-0.15, -0.1) is 0 Å². The summed E-state index contributed by atoms with van der Waals surface area (Å²) in [6.45, 7) is 0. The van der Waals surface area contributed by atoms with Crippen molar-refractivity contribution in [1.82, 2.24) is 4.98 Å². The summed E-state index contributed by atoms with van der Waals surface area (Å²) in [6, 6.07) is 7.76. The molecule has 13 heavy (non-hydrogen) atoms. The van der Waals surface area contributed by atoms with Crippen molar-refractivity contribution in [3.63, 3.8) is 0 Å². The Morgan fingerprint density at radius 3 is 2.69 bits per heavy atom. The zero-order valence-corrected chi connectivity index (χ0v) is 8.38. The lowest BCUT2D eigenvalue weighted by molar-refractivity contribution is 0.181. The Hall–Kier alpha value is -0.840. The van der Waals surface area contributed by atoms with Crippen molar-refractivity contribution in [2.24, 2.45) is 5.73 Å². The number of aliphatic hydroxyl groups excluding tert-OH is 1. The van der Waals surface area contributed by atoms with Crippen molar-refractivity contribution in [2.75, 3.05) is 0 Å². The topological polar surface area (TPSA) is 62.0 Å². The van der Waals surface area contributed by atoms with E-state index in [2.05, 4.69) is 20.9 Å². The molecule has 68 valence electrons. The predicted octanol–water partition coefficient (Wildman–Crippen LogP) is 1.88. The number of H-pyrrole nitrogens is 1. The van der Waals surface area contributed by atoms with Gasteiger partial charge in [0, 0.05) is 10.9 Å². The van der Waals surface area contributed by atoms with Gasteiger partial charge in [-0.25, -0.2) is 0 Å². The third-order valence-corrected chi connectivity index (χ3v) is 2.82. The van der Waals surface area contributed by atoms with Crippen LogP contribution in [-0.4, -0.2) is 10.1 Å². The smallest absolute Gasteiger partial charge is 0.144 e. The second-order valence-corrected chi connectivity index (χ2v) is 3.64. The lowest BCUT2D eigenvalue weighted by atomic mass is 10.2. The SMILES string of the molecule is NC(O)c1[nH]c2ccccc2c1Br. The van der Waals surface area contributed by atoms with E-state index < -0.39 is 6.23 Å². The Labute approximate surface area is 83.7 Å². The zero-order chi connectivity index (χ0) is 9.42. The molecule has 0 saturated carbocycles. The van der Waals surface area contributed by atoms with Gasteiger partial charge in [-0.05, 0) is 22.0 Å². The quantitative estimate of drug-likeness (QED) is 0.667. The van der Waals surface area contributed by atoms with E-state index in [9.17, 15) is 5.11 Å². The number of para-hydroxylation sites is 1. The van der Waals surface area contributed by atoms with E-state index in [0.29, 0.717) is 5.69 Å². The number of hydrogen-bond acceptors (Lipinski definition) is 2. The van der Waals surface area contributed by atoms with Crippen LogP contribution < -0.4 is 5.73 Å². The minimum atomic E-state index is -0.971. The minimum Gasteiger partial charge on any atom is -0.373 e. The van der Waals surface area contributed by atoms with E-state index in [1.54, 1.807) is 0 Å². The van der Waals surface area contributed by atoms with E-state index in [0.717, 1.165) is 15.4 Å². The molecule has 0 aliphatic heterocycles. The van der Waals surface area contributed by atoms with Crippen LogP contribution in [0.4, 0.5) is 0 Å². The summed E-state index contributed by atoms with van der Waals surface area (Å²) in [5.41, 5.74) is 6.95. The second kappa shape index (κ2) is 3.14. The summed E-state index contributed by atoms with van der Waals surface area (Å²) in [6.07, 6.45) is -0.971. The standard InChI is InChI=1S/C9H9BrN2O/c10-7-5-3-1-2-4-6(5)12-8(7)9(11)13/h1-4,9,12-13H,11H2. The van der Waals surface area contributed by atoms with Crippen molar-refractivity contribution in [3.8, 4) is 0 Å². The average molecular weight is 241 g/mol. The number of nitrogens with two attached hydrogens (primary N) is 1. The van der Waals surface area contributed by atoms with Gasteiger partial charge in [0.1, 0.15) is 6.23 Å². The Morgan fingerprint density at radius 2 is 2.08 bits per heavy atom. The summed E-state index contributed by atoms with van der Waals surface area (Å²) in [4.78, 5) is 3.04. The zero-order valence-electron chi connectivity index (χ0n) is 6.79. The molecule has 0 saturated heterocycles. The molecule has 0 aliphatic rings. The monoisotopic (exact) mass is 240 g/mol. The molecule has 1 aromatic heterocycles. The van der Waals surface area contributed by atoms with Gasteiger partial charge in [-0.1, -0.05) is 18.2 Å². The number of halogens is 1. The van der Waals surface area contributed by atoms with Crippen LogP contribution in [0.5, 0.6) is 0 Å². The normalized spacial score (nSPS) is 13.5. The number of nitrogens with one attached hydrogen (secondary N) is 1. The van der Waals surface area contributed by atoms with E-state index in [1.165, 1.54) is 0 Å². The van der Waals surface area contributed by atoms with Gasteiger partial charge in [-0.2, -0.15) is 0 Å². The molecule has 0 radical (unpaired) electrons. The molecule has 0 aliphatic carbocycles. The highest BCUT2D eigenvalue weighted by molar-refractivity contribution is 9.10. The summed E-state index contributed by atoms with van der Waals surface area (Å²) in [5.74, 6) is 0. The Morgan fingerprint density at radius 1 is 1.38 bits per heavy atom. The van der Waals surface area contributed by atoms with E-state index in [1.807, 2.05) is 24.3 Å². The van der Waals surface area contributed by atoms with Gasteiger partial charge in [0.2, 0.25) is 0 Å². The molecule has 3 nitrogen and oxygen atoms in total. The lowest BCUT2D eigenvalue weighted by Gasteiger charge is -2.00. The first kappa shape index (κ1) is 8.74. The summed E-state index contributed by atoms with van der Waals surface area (Å²) in [7, 11) is 0. The molecule has 4 N–H and O–H groups in total. The van der Waals surface area contributed by atoms with Crippen LogP contribution in [-0.2, 0) is 0 Å². The number of fused-ring (bicyclic) bond motifs is 1. The molecule has 0 spiro atoms. The molecule has 2 rings (SSSR count). The molecule has 1 aromatic carbocycles. The van der Waals surface area contributed by atoms with Gasteiger partial charge in [0.15, 0.2) is 0 Å². The van der Waals surface area contributed by atoms with E-state index in [4.69, 9.17) is 5.73 Å². The third kappa shape index (κ3) is 1.37. The van der Waals surface area contributed by atoms with Crippen molar-refractivity contribution in [3.05, 3.63) is 34.4 Å². The summed E-state index contributed by atoms with van der Waals surface area (Å²) >= 11 is 3.38. The number of benzene rings is 1.